The summed E-state index contributed by atoms with van der Waals surface area (Å²) in [6.07, 6.45) is 0. The fraction of sp³-hybridized carbons (Fsp3) is 0.259. The predicted octanol–water partition coefficient (Wildman–Crippen LogP) is 6.36. The fourth-order valence-corrected chi connectivity index (χ4v) is 3.57. The van der Waals surface area contributed by atoms with Crippen LogP contribution in [0, 0.1) is 20.8 Å². The van der Waals surface area contributed by atoms with Crippen LogP contribution in [0.15, 0.2) is 60.7 Å². The number of Topliss-reactive ketones (excluding diaryl/α,β-unsaturated/α-hetero) is 1. The molecule has 3 aromatic carbocycles. The monoisotopic (exact) mass is 400 g/mol. The zero-order chi connectivity index (χ0) is 22.1. The van der Waals surface area contributed by atoms with Gasteiger partial charge in [-0.2, -0.15) is 0 Å². The maximum atomic E-state index is 12.6. The Morgan fingerprint density at radius 3 is 1.80 bits per heavy atom. The highest BCUT2D eigenvalue weighted by Gasteiger charge is 2.23. The molecule has 3 nitrogen and oxygen atoms in total. The van der Waals surface area contributed by atoms with Crippen LogP contribution in [0.5, 0.6) is 5.75 Å². The quantitative estimate of drug-likeness (QED) is 0.284. The molecule has 0 amide bonds. The van der Waals surface area contributed by atoms with E-state index in [4.69, 9.17) is 4.74 Å². The van der Waals surface area contributed by atoms with Gasteiger partial charge in [0.2, 0.25) is 0 Å². The molecule has 3 aromatic rings. The normalized spacial score (nSPS) is 11.3. The number of ether oxygens (including phenoxy) is 1. The van der Waals surface area contributed by atoms with Crippen molar-refractivity contribution in [3.05, 3.63) is 99.6 Å². The molecule has 0 fully saturated rings. The summed E-state index contributed by atoms with van der Waals surface area (Å²) in [7, 11) is 0. The second kappa shape index (κ2) is 8.27. The van der Waals surface area contributed by atoms with Crippen LogP contribution in [-0.4, -0.2) is 11.8 Å². The van der Waals surface area contributed by atoms with Crippen molar-refractivity contribution in [1.82, 2.24) is 0 Å². The second-order valence-corrected chi connectivity index (χ2v) is 8.35. The van der Waals surface area contributed by atoms with Crippen LogP contribution in [0.3, 0.4) is 0 Å². The van der Waals surface area contributed by atoms with Crippen LogP contribution < -0.4 is 4.74 Å². The van der Waals surface area contributed by atoms with Gasteiger partial charge in [0.05, 0.1) is 5.56 Å². The van der Waals surface area contributed by atoms with Crippen molar-refractivity contribution in [3.8, 4) is 5.75 Å². The zero-order valence-electron chi connectivity index (χ0n) is 18.5. The molecule has 0 saturated carbocycles. The second-order valence-electron chi connectivity index (χ2n) is 8.35. The Morgan fingerprint density at radius 1 is 0.733 bits per heavy atom. The van der Waals surface area contributed by atoms with Crippen molar-refractivity contribution in [3.63, 3.8) is 0 Å². The number of rotatable bonds is 5. The van der Waals surface area contributed by atoms with E-state index in [2.05, 4.69) is 13.8 Å². The molecule has 0 aliphatic rings. The molecule has 3 rings (SSSR count). The Bertz CT molecular complexity index is 1090. The van der Waals surface area contributed by atoms with Gasteiger partial charge < -0.3 is 4.74 Å². The molecule has 154 valence electrons. The minimum Gasteiger partial charge on any atom is -0.423 e. The van der Waals surface area contributed by atoms with Crippen molar-refractivity contribution in [2.75, 3.05) is 0 Å². The summed E-state index contributed by atoms with van der Waals surface area (Å²) in [5, 5.41) is 0. The van der Waals surface area contributed by atoms with E-state index in [0.717, 1.165) is 27.8 Å². The van der Waals surface area contributed by atoms with Gasteiger partial charge >= 0.3 is 5.97 Å². The van der Waals surface area contributed by atoms with E-state index in [9.17, 15) is 9.59 Å². The first-order valence-corrected chi connectivity index (χ1v) is 10.1. The first kappa shape index (κ1) is 21.5. The Morgan fingerprint density at radius 2 is 1.27 bits per heavy atom. The van der Waals surface area contributed by atoms with Crippen LogP contribution in [0.2, 0.25) is 0 Å². The number of esters is 1. The highest BCUT2D eigenvalue weighted by atomic mass is 16.5. The smallest absolute Gasteiger partial charge is 0.343 e. The van der Waals surface area contributed by atoms with E-state index < -0.39 is 0 Å². The van der Waals surface area contributed by atoms with Gasteiger partial charge in [0.1, 0.15) is 5.75 Å². The van der Waals surface area contributed by atoms with Gasteiger partial charge in [-0.1, -0.05) is 56.3 Å². The summed E-state index contributed by atoms with van der Waals surface area (Å²) >= 11 is 0. The zero-order valence-corrected chi connectivity index (χ0v) is 18.5. The topological polar surface area (TPSA) is 43.4 Å². The molecule has 0 spiro atoms. The molecule has 30 heavy (non-hydrogen) atoms. The molecule has 0 aromatic heterocycles. The first-order valence-electron chi connectivity index (χ1n) is 10.1. The Hall–Kier alpha value is -3.20. The lowest BCUT2D eigenvalue weighted by Crippen LogP contribution is -2.19. The van der Waals surface area contributed by atoms with Gasteiger partial charge in [-0.05, 0) is 73.7 Å². The van der Waals surface area contributed by atoms with Gasteiger partial charge in [-0.3, -0.25) is 4.79 Å². The number of ketones is 1. The number of aryl methyl sites for hydroxylation is 1. The summed E-state index contributed by atoms with van der Waals surface area (Å²) < 4.78 is 5.62. The van der Waals surface area contributed by atoms with Gasteiger partial charge in [-0.25, -0.2) is 4.79 Å². The molecule has 0 bridgehead atoms. The number of hydrogen-bond donors (Lipinski definition) is 0. The first-order chi connectivity index (χ1) is 14.1. The summed E-state index contributed by atoms with van der Waals surface area (Å²) in [5.74, 6) is 0.232. The molecule has 0 heterocycles. The SMILES string of the molecule is CC(=O)c1ccc(C(C)(C)c2ccc(OC(=O)c3ccc(C)c(C)c3C)cc2)cc1. The molecule has 3 heteroatoms. The Balaban J connectivity index is 1.79. The van der Waals surface area contributed by atoms with E-state index >= 15 is 0 Å². The van der Waals surface area contributed by atoms with Crippen molar-refractivity contribution in [1.29, 1.82) is 0 Å². The third-order valence-electron chi connectivity index (χ3n) is 6.08. The molecule has 0 radical (unpaired) electrons. The number of benzene rings is 3. The number of hydrogen-bond acceptors (Lipinski definition) is 3. The number of carbonyl (C=O) groups excluding carboxylic acids is 2. The Labute approximate surface area is 178 Å². The minimum atomic E-state index is -0.345. The van der Waals surface area contributed by atoms with Crippen molar-refractivity contribution in [2.24, 2.45) is 0 Å². The third kappa shape index (κ3) is 4.20. The lowest BCUT2D eigenvalue weighted by molar-refractivity contribution is 0.0733. The summed E-state index contributed by atoms with van der Waals surface area (Å²) in [4.78, 5) is 24.2. The summed E-state index contributed by atoms with van der Waals surface area (Å²) in [6.45, 7) is 11.8. The van der Waals surface area contributed by atoms with Crippen LogP contribution in [-0.2, 0) is 5.41 Å². The number of carbonyl (C=O) groups is 2. The van der Waals surface area contributed by atoms with Crippen LogP contribution in [0.4, 0.5) is 0 Å². The van der Waals surface area contributed by atoms with E-state index in [1.54, 1.807) is 6.92 Å². The van der Waals surface area contributed by atoms with Crippen LogP contribution in [0.25, 0.3) is 0 Å². The predicted molar refractivity (Wildman–Crippen MR) is 121 cm³/mol. The van der Waals surface area contributed by atoms with Gasteiger partial charge in [0, 0.05) is 11.0 Å². The van der Waals surface area contributed by atoms with E-state index in [-0.39, 0.29) is 17.2 Å². The molecule has 0 saturated heterocycles. The maximum Gasteiger partial charge on any atom is 0.343 e. The standard InChI is InChI=1S/C27H28O3/c1-17-7-16-25(19(3)18(17)2)26(29)30-24-14-12-23(13-15-24)27(5,6)22-10-8-21(9-11-22)20(4)28/h7-16H,1-6H3. The van der Waals surface area contributed by atoms with Gasteiger partial charge in [0.25, 0.3) is 0 Å². The van der Waals surface area contributed by atoms with Crippen LogP contribution in [0.1, 0.15) is 69.3 Å². The highest BCUT2D eigenvalue weighted by Crippen LogP contribution is 2.33. The maximum absolute atomic E-state index is 12.6. The lowest BCUT2D eigenvalue weighted by Gasteiger charge is -2.26. The lowest BCUT2D eigenvalue weighted by atomic mass is 9.78. The average Bonchev–Trinajstić information content (AvgIpc) is 2.72. The fourth-order valence-electron chi connectivity index (χ4n) is 3.57. The minimum absolute atomic E-state index is 0.0598. The van der Waals surface area contributed by atoms with Crippen molar-refractivity contribution < 1.29 is 14.3 Å². The molecular formula is C27H28O3. The van der Waals surface area contributed by atoms with Crippen LogP contribution >= 0.6 is 0 Å². The summed E-state index contributed by atoms with van der Waals surface area (Å²) in [6, 6.07) is 19.1. The average molecular weight is 401 g/mol. The molecule has 0 aliphatic carbocycles. The van der Waals surface area contributed by atoms with Crippen molar-refractivity contribution in [2.45, 2.75) is 47.0 Å². The van der Waals surface area contributed by atoms with Crippen molar-refractivity contribution >= 4 is 11.8 Å². The van der Waals surface area contributed by atoms with E-state index in [1.807, 2.05) is 81.4 Å². The molecule has 0 unspecified atom stereocenters. The third-order valence-corrected chi connectivity index (χ3v) is 6.08. The van der Waals surface area contributed by atoms with E-state index in [1.165, 1.54) is 0 Å². The molecule has 0 N–H and O–H groups in total. The van der Waals surface area contributed by atoms with Gasteiger partial charge in [-0.15, -0.1) is 0 Å². The molecule has 0 atom stereocenters. The largest absolute Gasteiger partial charge is 0.423 e. The molecule has 0 aliphatic heterocycles. The Kier molecular flexibility index (Phi) is 5.93. The summed E-state index contributed by atoms with van der Waals surface area (Å²) in [5.41, 5.74) is 6.48. The van der Waals surface area contributed by atoms with E-state index in [0.29, 0.717) is 16.9 Å². The highest BCUT2D eigenvalue weighted by molar-refractivity contribution is 5.94. The molecular weight excluding hydrogens is 372 g/mol. The van der Waals surface area contributed by atoms with Gasteiger partial charge in [0.15, 0.2) is 5.78 Å².